The van der Waals surface area contributed by atoms with Crippen molar-refractivity contribution in [3.63, 3.8) is 0 Å². The molecule has 2 aliphatic heterocycles. The quantitative estimate of drug-likeness (QED) is 0.472. The molecule has 0 bridgehead atoms. The van der Waals surface area contributed by atoms with E-state index in [1.54, 1.807) is 12.1 Å². The van der Waals surface area contributed by atoms with Crippen LogP contribution in [-0.4, -0.2) is 71.4 Å². The molecule has 0 saturated carbocycles. The third kappa shape index (κ3) is 5.11. The van der Waals surface area contributed by atoms with E-state index in [2.05, 4.69) is 10.6 Å². The van der Waals surface area contributed by atoms with Gasteiger partial charge in [0, 0.05) is 12.1 Å². The average Bonchev–Trinajstić information content (AvgIpc) is 3.40. The summed E-state index contributed by atoms with van der Waals surface area (Å²) in [5, 5.41) is 13.8. The zero-order chi connectivity index (χ0) is 22.5. The number of fused-ring (bicyclic) bond motifs is 1. The van der Waals surface area contributed by atoms with Gasteiger partial charge in [0.15, 0.2) is 11.5 Å². The maximum Gasteiger partial charge on any atom is 0.305 e. The van der Waals surface area contributed by atoms with Gasteiger partial charge in [-0.25, -0.2) is 0 Å². The van der Waals surface area contributed by atoms with Crippen molar-refractivity contribution in [1.82, 2.24) is 15.5 Å². The van der Waals surface area contributed by atoms with Crippen molar-refractivity contribution < 1.29 is 38.6 Å². The fourth-order valence-electron chi connectivity index (χ4n) is 3.53. The van der Waals surface area contributed by atoms with Crippen LogP contribution in [0.4, 0.5) is 0 Å². The summed E-state index contributed by atoms with van der Waals surface area (Å²) in [4.78, 5) is 61.1. The van der Waals surface area contributed by atoms with Gasteiger partial charge in [0.05, 0.1) is 12.5 Å². The monoisotopic (exact) mass is 433 g/mol. The van der Waals surface area contributed by atoms with E-state index in [0.29, 0.717) is 42.7 Å². The van der Waals surface area contributed by atoms with Gasteiger partial charge in [0.25, 0.3) is 5.91 Å². The number of amides is 3. The number of carbonyl (C=O) groups excluding carboxylic acids is 4. The highest BCUT2D eigenvalue weighted by Gasteiger charge is 2.37. The summed E-state index contributed by atoms with van der Waals surface area (Å²) >= 11 is 0. The zero-order valence-corrected chi connectivity index (χ0v) is 16.8. The molecule has 31 heavy (non-hydrogen) atoms. The number of carbonyl (C=O) groups is 5. The molecule has 0 unspecified atom stereocenters. The van der Waals surface area contributed by atoms with Crippen molar-refractivity contribution in [2.75, 3.05) is 13.3 Å². The Morgan fingerprint density at radius 3 is 2.68 bits per heavy atom. The van der Waals surface area contributed by atoms with E-state index in [-0.39, 0.29) is 6.79 Å². The molecule has 11 heteroatoms. The van der Waals surface area contributed by atoms with Crippen molar-refractivity contribution >= 4 is 30.0 Å². The lowest BCUT2D eigenvalue weighted by molar-refractivity contribution is -0.141. The number of ether oxygens (including phenoxy) is 2. The van der Waals surface area contributed by atoms with E-state index < -0.39 is 48.2 Å². The minimum atomic E-state index is -1.23. The molecule has 1 saturated heterocycles. The maximum absolute atomic E-state index is 12.9. The second-order valence-corrected chi connectivity index (χ2v) is 7.30. The summed E-state index contributed by atoms with van der Waals surface area (Å²) in [6.45, 7) is 1.90. The van der Waals surface area contributed by atoms with Crippen molar-refractivity contribution in [3.8, 4) is 11.5 Å². The van der Waals surface area contributed by atoms with Crippen LogP contribution in [0.5, 0.6) is 11.5 Å². The van der Waals surface area contributed by atoms with Gasteiger partial charge in [-0.1, -0.05) is 0 Å². The molecule has 11 nitrogen and oxygen atoms in total. The highest BCUT2D eigenvalue weighted by atomic mass is 16.7. The number of aldehydes is 1. The largest absolute Gasteiger partial charge is 0.481 e. The molecule has 2 aliphatic rings. The fourth-order valence-corrected chi connectivity index (χ4v) is 3.53. The van der Waals surface area contributed by atoms with Crippen LogP contribution in [-0.2, 0) is 19.2 Å². The number of carboxylic acid groups (broad SMARTS) is 1. The number of likely N-dealkylation sites (tertiary alicyclic amines) is 1. The van der Waals surface area contributed by atoms with Crippen LogP contribution in [0.15, 0.2) is 18.2 Å². The Labute approximate surface area is 177 Å². The SMILES string of the molecule is C[C@H](NC(=O)c1ccc2c(c1)OCO2)C(=O)N1CCC[C@H]1C(=O)N[C@H](C=O)CC(=O)O. The summed E-state index contributed by atoms with van der Waals surface area (Å²) in [5.74, 6) is -1.79. The zero-order valence-electron chi connectivity index (χ0n) is 16.8. The highest BCUT2D eigenvalue weighted by molar-refractivity contribution is 5.99. The first-order chi connectivity index (χ1) is 14.8. The van der Waals surface area contributed by atoms with Crippen LogP contribution in [0.25, 0.3) is 0 Å². The molecule has 3 amide bonds. The Balaban J connectivity index is 1.61. The summed E-state index contributed by atoms with van der Waals surface area (Å²) in [6.07, 6.45) is 0.746. The Morgan fingerprint density at radius 1 is 1.23 bits per heavy atom. The molecule has 0 radical (unpaired) electrons. The van der Waals surface area contributed by atoms with Gasteiger partial charge in [-0.3, -0.25) is 19.2 Å². The van der Waals surface area contributed by atoms with E-state index in [1.807, 2.05) is 0 Å². The van der Waals surface area contributed by atoms with E-state index in [4.69, 9.17) is 14.6 Å². The van der Waals surface area contributed by atoms with Crippen LogP contribution in [0.3, 0.4) is 0 Å². The molecule has 0 aliphatic carbocycles. The molecular formula is C20H23N3O8. The lowest BCUT2D eigenvalue weighted by Crippen LogP contribution is -2.54. The standard InChI is InChI=1S/C20H23N3O8/c1-11(21-18(27)12-4-5-15-16(7-12)31-10-30-15)20(29)23-6-2-3-14(23)19(28)22-13(9-24)8-17(25)26/h4-5,7,9,11,13-14H,2-3,6,8,10H2,1H3,(H,21,27)(H,22,28)(H,25,26)/t11-,13-,14-/m0/s1. The van der Waals surface area contributed by atoms with Crippen LogP contribution in [0.2, 0.25) is 0 Å². The molecular weight excluding hydrogens is 410 g/mol. The molecule has 1 aromatic carbocycles. The predicted octanol–water partition coefficient (Wildman–Crippen LogP) is -0.317. The maximum atomic E-state index is 12.9. The number of hydrogen-bond donors (Lipinski definition) is 3. The number of nitrogens with zero attached hydrogens (tertiary/aromatic N) is 1. The first kappa shape index (κ1) is 22.1. The molecule has 3 rings (SSSR count). The summed E-state index contributed by atoms with van der Waals surface area (Å²) < 4.78 is 10.4. The minimum Gasteiger partial charge on any atom is -0.481 e. The third-order valence-electron chi connectivity index (χ3n) is 5.08. The van der Waals surface area contributed by atoms with Gasteiger partial charge in [0.1, 0.15) is 18.4 Å². The van der Waals surface area contributed by atoms with E-state index >= 15 is 0 Å². The molecule has 3 atom stereocenters. The van der Waals surface area contributed by atoms with Crippen LogP contribution < -0.4 is 20.1 Å². The highest BCUT2D eigenvalue weighted by Crippen LogP contribution is 2.32. The minimum absolute atomic E-state index is 0.0745. The lowest BCUT2D eigenvalue weighted by Gasteiger charge is -2.27. The first-order valence-corrected chi connectivity index (χ1v) is 9.78. The third-order valence-corrected chi connectivity index (χ3v) is 5.08. The van der Waals surface area contributed by atoms with Gasteiger partial charge >= 0.3 is 5.97 Å². The van der Waals surface area contributed by atoms with Gasteiger partial charge < -0.3 is 34.9 Å². The molecule has 1 fully saturated rings. The molecule has 3 N–H and O–H groups in total. The van der Waals surface area contributed by atoms with Gasteiger partial charge in [-0.15, -0.1) is 0 Å². The Hall–Kier alpha value is -3.63. The van der Waals surface area contributed by atoms with Crippen LogP contribution >= 0.6 is 0 Å². The number of hydrogen-bond acceptors (Lipinski definition) is 7. The summed E-state index contributed by atoms with van der Waals surface area (Å²) in [6, 6.07) is 1.74. The number of benzene rings is 1. The van der Waals surface area contributed by atoms with E-state index in [9.17, 15) is 24.0 Å². The van der Waals surface area contributed by atoms with Crippen LogP contribution in [0, 0.1) is 0 Å². The normalized spacial score (nSPS) is 18.7. The molecule has 0 aromatic heterocycles. The summed E-state index contributed by atoms with van der Waals surface area (Å²) in [5.41, 5.74) is 0.294. The second kappa shape index (κ2) is 9.45. The van der Waals surface area contributed by atoms with E-state index in [1.165, 1.54) is 17.9 Å². The Morgan fingerprint density at radius 2 is 1.97 bits per heavy atom. The van der Waals surface area contributed by atoms with Crippen molar-refractivity contribution in [1.29, 1.82) is 0 Å². The first-order valence-electron chi connectivity index (χ1n) is 9.78. The topological polar surface area (TPSA) is 151 Å². The Kier molecular flexibility index (Phi) is 6.73. The van der Waals surface area contributed by atoms with Crippen molar-refractivity contribution in [2.24, 2.45) is 0 Å². The molecule has 1 aromatic rings. The summed E-state index contributed by atoms with van der Waals surface area (Å²) in [7, 11) is 0. The fraction of sp³-hybridized carbons (Fsp3) is 0.450. The number of nitrogens with one attached hydrogen (secondary N) is 2. The number of carboxylic acids is 1. The van der Waals surface area contributed by atoms with Crippen molar-refractivity contribution in [3.05, 3.63) is 23.8 Å². The average molecular weight is 433 g/mol. The van der Waals surface area contributed by atoms with Crippen molar-refractivity contribution in [2.45, 2.75) is 44.3 Å². The van der Waals surface area contributed by atoms with Gasteiger partial charge in [0.2, 0.25) is 18.6 Å². The van der Waals surface area contributed by atoms with E-state index in [0.717, 1.165) is 0 Å². The number of rotatable bonds is 8. The number of aliphatic carboxylic acids is 1. The Bertz CT molecular complexity index is 902. The van der Waals surface area contributed by atoms with Gasteiger partial charge in [-0.05, 0) is 38.0 Å². The molecule has 166 valence electrons. The molecule has 2 heterocycles. The second-order valence-electron chi connectivity index (χ2n) is 7.30. The van der Waals surface area contributed by atoms with Crippen LogP contribution in [0.1, 0.15) is 36.5 Å². The lowest BCUT2D eigenvalue weighted by atomic mass is 10.1. The van der Waals surface area contributed by atoms with Gasteiger partial charge in [-0.2, -0.15) is 0 Å². The predicted molar refractivity (Wildman–Crippen MR) is 104 cm³/mol. The molecule has 0 spiro atoms. The smallest absolute Gasteiger partial charge is 0.305 e.